The fourth-order valence-corrected chi connectivity index (χ4v) is 1.74. The van der Waals surface area contributed by atoms with Crippen molar-refractivity contribution in [2.75, 3.05) is 7.11 Å². The predicted molar refractivity (Wildman–Crippen MR) is 75.5 cm³/mol. The van der Waals surface area contributed by atoms with Crippen molar-refractivity contribution >= 4 is 17.2 Å². The van der Waals surface area contributed by atoms with Gasteiger partial charge < -0.3 is 10.1 Å². The molecule has 0 amide bonds. The molecular weight excluding hydrogens is 238 g/mol. The Balaban J connectivity index is 2.35. The van der Waals surface area contributed by atoms with Crippen molar-refractivity contribution in [2.45, 2.75) is 0 Å². The number of methoxy groups -OCH3 is 1. The van der Waals surface area contributed by atoms with Crippen molar-refractivity contribution in [1.29, 1.82) is 0 Å². The Morgan fingerprint density at radius 3 is 2.16 bits per heavy atom. The largest absolute Gasteiger partial charge is 0.763 e. The topological polar surface area (TPSA) is 48.6 Å². The fraction of sp³-hybridized carbons (Fsp3) is 0.0625. The second-order valence-electron chi connectivity index (χ2n) is 3.91. The standard InChI is InChI=1S/C16H12NO2/c1-19-14-9-7-12(8-10-14)15(11-17)16(18)13-5-3-2-4-6-13/h2-10H,1H3/q-1. The average Bonchev–Trinajstić information content (AvgIpc) is 2.49. The molecule has 0 aliphatic rings. The van der Waals surface area contributed by atoms with Gasteiger partial charge in [-0.15, -0.1) is 0 Å². The first-order valence-electron chi connectivity index (χ1n) is 5.77. The molecule has 0 aliphatic carbocycles. The number of benzene rings is 2. The van der Waals surface area contributed by atoms with E-state index in [-0.39, 0.29) is 11.4 Å². The molecule has 0 radical (unpaired) electrons. The summed E-state index contributed by atoms with van der Waals surface area (Å²) in [6.07, 6.45) is 0. The fourth-order valence-electron chi connectivity index (χ4n) is 1.74. The summed E-state index contributed by atoms with van der Waals surface area (Å²) < 4.78 is 5.05. The Bertz CT molecular complexity index is 624. The number of carbonyl (C=O) groups is 1. The van der Waals surface area contributed by atoms with E-state index in [0.29, 0.717) is 16.9 Å². The zero-order valence-electron chi connectivity index (χ0n) is 10.5. The number of rotatable bonds is 4. The molecule has 0 bridgehead atoms. The van der Waals surface area contributed by atoms with Crippen molar-refractivity contribution in [3.63, 3.8) is 0 Å². The highest BCUT2D eigenvalue weighted by Crippen LogP contribution is 2.20. The van der Waals surface area contributed by atoms with Gasteiger partial charge in [0.15, 0.2) is 5.78 Å². The minimum atomic E-state index is -0.270. The van der Waals surface area contributed by atoms with Crippen LogP contribution in [0.1, 0.15) is 15.9 Å². The number of nitrogens with zero attached hydrogens (tertiary/aromatic N) is 1. The van der Waals surface area contributed by atoms with Crippen LogP contribution in [-0.4, -0.2) is 18.8 Å². The summed E-state index contributed by atoms with van der Waals surface area (Å²) in [4.78, 5) is 12.2. The van der Waals surface area contributed by atoms with Crippen LogP contribution in [0.5, 0.6) is 5.75 Å². The Hall–Kier alpha value is -2.64. The van der Waals surface area contributed by atoms with Gasteiger partial charge >= 0.3 is 0 Å². The van der Waals surface area contributed by atoms with Crippen molar-refractivity contribution in [3.05, 3.63) is 71.1 Å². The first-order chi connectivity index (χ1) is 9.26. The van der Waals surface area contributed by atoms with Crippen LogP contribution in [0.15, 0.2) is 54.6 Å². The third kappa shape index (κ3) is 2.79. The molecule has 3 heteroatoms. The molecule has 94 valence electrons. The van der Waals surface area contributed by atoms with Crippen molar-refractivity contribution in [3.8, 4) is 5.75 Å². The molecule has 0 heterocycles. The lowest BCUT2D eigenvalue weighted by Crippen LogP contribution is -2.03. The number of ketones is 1. The highest BCUT2D eigenvalue weighted by atomic mass is 16.5. The van der Waals surface area contributed by atoms with Crippen LogP contribution < -0.4 is 4.74 Å². The molecule has 0 N–H and O–H groups in total. The number of carbonyl (C=O) groups excluding carboxylic acids is 1. The lowest BCUT2D eigenvalue weighted by molar-refractivity contribution is 0.105. The second kappa shape index (κ2) is 5.80. The number of allylic oxidation sites excluding steroid dienone is 1. The molecule has 2 aromatic rings. The molecule has 3 nitrogen and oxygen atoms in total. The lowest BCUT2D eigenvalue weighted by Gasteiger charge is -2.07. The van der Waals surface area contributed by atoms with Crippen LogP contribution in [0.25, 0.3) is 11.0 Å². The van der Waals surface area contributed by atoms with Gasteiger partial charge in [-0.2, -0.15) is 0 Å². The van der Waals surface area contributed by atoms with E-state index in [2.05, 4.69) is 0 Å². The van der Waals surface area contributed by atoms with E-state index in [1.165, 1.54) is 0 Å². The molecule has 2 aromatic carbocycles. The smallest absolute Gasteiger partial charge is 0.199 e. The molecule has 0 aliphatic heterocycles. The van der Waals surface area contributed by atoms with E-state index in [0.717, 1.165) is 0 Å². The minimum absolute atomic E-state index is 0.133. The normalized spacial score (nSPS) is 9.53. The van der Waals surface area contributed by atoms with Crippen LogP contribution in [0.4, 0.5) is 0 Å². The van der Waals surface area contributed by atoms with E-state index in [4.69, 9.17) is 4.74 Å². The SMILES string of the molecule is COc1ccc(C(=C=[N-])C(=O)c2ccccc2)cc1. The molecule has 0 fully saturated rings. The summed E-state index contributed by atoms with van der Waals surface area (Å²) >= 11 is 0. The monoisotopic (exact) mass is 250 g/mol. The summed E-state index contributed by atoms with van der Waals surface area (Å²) in [6.45, 7) is 0. The Morgan fingerprint density at radius 1 is 1.00 bits per heavy atom. The van der Waals surface area contributed by atoms with Crippen LogP contribution in [0.3, 0.4) is 0 Å². The lowest BCUT2D eigenvalue weighted by atomic mass is 9.98. The number of ether oxygens (including phenoxy) is 1. The molecular formula is C16H12NO2-. The van der Waals surface area contributed by atoms with Crippen molar-refractivity contribution in [1.82, 2.24) is 0 Å². The zero-order valence-corrected chi connectivity index (χ0v) is 10.5. The van der Waals surface area contributed by atoms with Gasteiger partial charge in [0.25, 0.3) is 0 Å². The zero-order chi connectivity index (χ0) is 13.7. The van der Waals surface area contributed by atoms with E-state index in [1.54, 1.807) is 55.6 Å². The highest BCUT2D eigenvalue weighted by molar-refractivity contribution is 6.35. The molecule has 0 spiro atoms. The Kier molecular flexibility index (Phi) is 3.91. The van der Waals surface area contributed by atoms with Crippen LogP contribution in [0, 0.1) is 0 Å². The van der Waals surface area contributed by atoms with Gasteiger partial charge in [-0.1, -0.05) is 30.3 Å². The number of hydrogen-bond donors (Lipinski definition) is 0. The molecule has 0 saturated heterocycles. The van der Waals surface area contributed by atoms with Gasteiger partial charge in [0.05, 0.1) is 7.11 Å². The predicted octanol–water partition coefficient (Wildman–Crippen LogP) is 3.20. The van der Waals surface area contributed by atoms with Gasteiger partial charge in [-0.05, 0) is 29.8 Å². The third-order valence-electron chi connectivity index (χ3n) is 2.75. The molecule has 0 unspecified atom stereocenters. The summed E-state index contributed by atoms with van der Waals surface area (Å²) in [7, 11) is 1.57. The summed E-state index contributed by atoms with van der Waals surface area (Å²) in [6, 6.07) is 15.6. The first-order valence-corrected chi connectivity index (χ1v) is 5.77. The first kappa shape index (κ1) is 12.8. The molecule has 19 heavy (non-hydrogen) atoms. The van der Waals surface area contributed by atoms with E-state index in [1.807, 2.05) is 11.9 Å². The van der Waals surface area contributed by atoms with Gasteiger partial charge in [-0.25, -0.2) is 0 Å². The van der Waals surface area contributed by atoms with Crippen LogP contribution >= 0.6 is 0 Å². The molecule has 0 saturated carbocycles. The minimum Gasteiger partial charge on any atom is -0.763 e. The maximum absolute atomic E-state index is 12.2. The van der Waals surface area contributed by atoms with Crippen molar-refractivity contribution in [2.24, 2.45) is 0 Å². The van der Waals surface area contributed by atoms with Gasteiger partial charge in [0.1, 0.15) is 5.75 Å². The highest BCUT2D eigenvalue weighted by Gasteiger charge is 2.12. The second-order valence-corrected chi connectivity index (χ2v) is 3.91. The van der Waals surface area contributed by atoms with Gasteiger partial charge in [-0.3, -0.25) is 10.7 Å². The number of hydrogen-bond acceptors (Lipinski definition) is 2. The van der Waals surface area contributed by atoms with Gasteiger partial charge in [0.2, 0.25) is 0 Å². The van der Waals surface area contributed by atoms with Crippen LogP contribution in [0.2, 0.25) is 0 Å². The molecule has 2 rings (SSSR count). The van der Waals surface area contributed by atoms with Crippen LogP contribution in [-0.2, 0) is 0 Å². The van der Waals surface area contributed by atoms with E-state index >= 15 is 0 Å². The van der Waals surface area contributed by atoms with Crippen molar-refractivity contribution < 1.29 is 9.53 Å². The quantitative estimate of drug-likeness (QED) is 0.475. The maximum atomic E-state index is 12.2. The van der Waals surface area contributed by atoms with E-state index in [9.17, 15) is 10.2 Å². The summed E-state index contributed by atoms with van der Waals surface area (Å²) in [5, 5.41) is 9.20. The van der Waals surface area contributed by atoms with E-state index < -0.39 is 0 Å². The third-order valence-corrected chi connectivity index (χ3v) is 2.75. The Labute approximate surface area is 111 Å². The summed E-state index contributed by atoms with van der Waals surface area (Å²) in [5.41, 5.74) is 1.24. The molecule has 0 atom stereocenters. The Morgan fingerprint density at radius 2 is 1.63 bits per heavy atom. The number of Topliss-reactive ketones (excluding diaryl/α,β-unsaturated/α-hetero) is 1. The van der Waals surface area contributed by atoms with Gasteiger partial charge in [0, 0.05) is 11.1 Å². The average molecular weight is 250 g/mol. The molecule has 0 aromatic heterocycles. The maximum Gasteiger partial charge on any atom is 0.199 e. The summed E-state index contributed by atoms with van der Waals surface area (Å²) in [5.74, 6) is 2.40.